The van der Waals surface area contributed by atoms with Crippen molar-refractivity contribution >= 4 is 16.3 Å². The van der Waals surface area contributed by atoms with Crippen LogP contribution in [0.3, 0.4) is 0 Å². The number of hydrogen-bond donors (Lipinski definition) is 1. The van der Waals surface area contributed by atoms with Crippen molar-refractivity contribution < 1.29 is 8.78 Å². The molecule has 0 atom stereocenters. The minimum atomic E-state index is -0.818. The van der Waals surface area contributed by atoms with Crippen LogP contribution in [0.15, 0.2) is 18.2 Å². The minimum Gasteiger partial charge on any atom is -0.390 e. The maximum absolute atomic E-state index is 13.3. The van der Waals surface area contributed by atoms with Gasteiger partial charge in [-0.25, -0.2) is 8.78 Å². The summed E-state index contributed by atoms with van der Waals surface area (Å²) in [4.78, 5) is 1.30. The predicted molar refractivity (Wildman–Crippen MR) is 70.7 cm³/mol. The van der Waals surface area contributed by atoms with Crippen LogP contribution in [-0.4, -0.2) is 0 Å². The molecule has 4 heteroatoms. The second kappa shape index (κ2) is 4.35. The molecule has 1 aromatic heterocycles. The average molecular weight is 265 g/mol. The second-order valence-electron chi connectivity index (χ2n) is 4.58. The van der Waals surface area contributed by atoms with E-state index < -0.39 is 11.6 Å². The fraction of sp³-hybridized carbons (Fsp3) is 0.286. The first-order valence-corrected chi connectivity index (χ1v) is 6.84. The lowest BCUT2D eigenvalue weighted by molar-refractivity contribution is 0.509. The highest BCUT2D eigenvalue weighted by Gasteiger charge is 2.21. The SMILES string of the molecule is Nc1sc2c(c1-c1ccc(F)c(F)c1)CCCC2. The van der Waals surface area contributed by atoms with Crippen LogP contribution in [0.25, 0.3) is 11.1 Å². The average Bonchev–Trinajstić information content (AvgIpc) is 2.69. The molecular weight excluding hydrogens is 252 g/mol. The molecule has 1 heterocycles. The number of nitrogen functional groups attached to an aromatic ring is 1. The minimum absolute atomic E-state index is 0.686. The summed E-state index contributed by atoms with van der Waals surface area (Å²) in [5, 5.41) is 0.716. The third-order valence-electron chi connectivity index (χ3n) is 3.41. The number of fused-ring (bicyclic) bond motifs is 1. The highest BCUT2D eigenvalue weighted by molar-refractivity contribution is 7.16. The number of anilines is 1. The first-order chi connectivity index (χ1) is 8.66. The number of halogens is 2. The molecule has 0 saturated carbocycles. The number of nitrogens with two attached hydrogens (primary N) is 1. The second-order valence-corrected chi connectivity index (χ2v) is 5.72. The van der Waals surface area contributed by atoms with Crippen molar-refractivity contribution in [2.75, 3.05) is 5.73 Å². The van der Waals surface area contributed by atoms with Crippen molar-refractivity contribution in [1.82, 2.24) is 0 Å². The van der Waals surface area contributed by atoms with Gasteiger partial charge in [0.25, 0.3) is 0 Å². The highest BCUT2D eigenvalue weighted by atomic mass is 32.1. The summed E-state index contributed by atoms with van der Waals surface area (Å²) in [6, 6.07) is 4.01. The molecule has 18 heavy (non-hydrogen) atoms. The van der Waals surface area contributed by atoms with Crippen LogP contribution in [0.5, 0.6) is 0 Å². The van der Waals surface area contributed by atoms with Gasteiger partial charge in [0.15, 0.2) is 11.6 Å². The van der Waals surface area contributed by atoms with Crippen LogP contribution in [0, 0.1) is 11.6 Å². The molecule has 2 aromatic rings. The molecule has 0 bridgehead atoms. The molecule has 1 aromatic carbocycles. The molecule has 94 valence electrons. The zero-order valence-electron chi connectivity index (χ0n) is 9.80. The maximum Gasteiger partial charge on any atom is 0.159 e. The van der Waals surface area contributed by atoms with E-state index in [4.69, 9.17) is 5.73 Å². The van der Waals surface area contributed by atoms with E-state index in [0.717, 1.165) is 30.9 Å². The number of rotatable bonds is 1. The van der Waals surface area contributed by atoms with E-state index in [1.54, 1.807) is 17.4 Å². The number of aryl methyl sites for hydroxylation is 1. The van der Waals surface area contributed by atoms with Gasteiger partial charge in [0.05, 0.1) is 5.00 Å². The van der Waals surface area contributed by atoms with E-state index in [-0.39, 0.29) is 0 Å². The Hall–Kier alpha value is -1.42. The number of benzene rings is 1. The van der Waals surface area contributed by atoms with Gasteiger partial charge in [-0.3, -0.25) is 0 Å². The topological polar surface area (TPSA) is 26.0 Å². The van der Waals surface area contributed by atoms with Gasteiger partial charge in [-0.1, -0.05) is 6.07 Å². The first kappa shape index (κ1) is 11.7. The van der Waals surface area contributed by atoms with Crippen molar-refractivity contribution in [3.63, 3.8) is 0 Å². The Labute approximate surface area is 108 Å². The fourth-order valence-electron chi connectivity index (χ4n) is 2.56. The standard InChI is InChI=1S/C14H13F2NS/c15-10-6-5-8(7-11(10)16)13-9-3-1-2-4-12(9)18-14(13)17/h5-7H,1-4,17H2. The Morgan fingerprint density at radius 2 is 1.83 bits per heavy atom. The molecule has 0 amide bonds. The van der Waals surface area contributed by atoms with Gasteiger partial charge in [0.2, 0.25) is 0 Å². The Bertz CT molecular complexity index is 604. The quantitative estimate of drug-likeness (QED) is 0.823. The molecule has 0 unspecified atom stereocenters. The highest BCUT2D eigenvalue weighted by Crippen LogP contribution is 2.42. The van der Waals surface area contributed by atoms with Gasteiger partial charge in [0.1, 0.15) is 0 Å². The third-order valence-corrected chi connectivity index (χ3v) is 4.53. The van der Waals surface area contributed by atoms with Gasteiger partial charge >= 0.3 is 0 Å². The maximum atomic E-state index is 13.3. The van der Waals surface area contributed by atoms with Crippen LogP contribution in [0.4, 0.5) is 13.8 Å². The molecule has 1 aliphatic carbocycles. The van der Waals surface area contributed by atoms with Crippen LogP contribution in [0.2, 0.25) is 0 Å². The largest absolute Gasteiger partial charge is 0.390 e. The van der Waals surface area contributed by atoms with E-state index in [9.17, 15) is 8.78 Å². The van der Waals surface area contributed by atoms with Crippen molar-refractivity contribution in [1.29, 1.82) is 0 Å². The summed E-state index contributed by atoms with van der Waals surface area (Å²) in [5.41, 5.74) is 8.87. The molecule has 1 aliphatic rings. The van der Waals surface area contributed by atoms with Gasteiger partial charge in [0, 0.05) is 10.4 Å². The van der Waals surface area contributed by atoms with Crippen molar-refractivity contribution in [2.24, 2.45) is 0 Å². The third kappa shape index (κ3) is 1.81. The van der Waals surface area contributed by atoms with E-state index in [1.165, 1.54) is 22.9 Å². The molecule has 0 aliphatic heterocycles. The van der Waals surface area contributed by atoms with Gasteiger partial charge in [-0.15, -0.1) is 11.3 Å². The van der Waals surface area contributed by atoms with E-state index in [0.29, 0.717) is 10.6 Å². The normalized spacial score (nSPS) is 14.6. The van der Waals surface area contributed by atoms with Crippen LogP contribution in [0.1, 0.15) is 23.3 Å². The summed E-state index contributed by atoms with van der Waals surface area (Å²) >= 11 is 1.58. The molecule has 0 fully saturated rings. The number of hydrogen-bond acceptors (Lipinski definition) is 2. The van der Waals surface area contributed by atoms with Crippen LogP contribution < -0.4 is 5.73 Å². The lowest BCUT2D eigenvalue weighted by Crippen LogP contribution is -2.00. The molecule has 1 nitrogen and oxygen atoms in total. The molecule has 2 N–H and O–H groups in total. The summed E-state index contributed by atoms with van der Waals surface area (Å²) in [7, 11) is 0. The summed E-state index contributed by atoms with van der Waals surface area (Å²) in [6.45, 7) is 0. The smallest absolute Gasteiger partial charge is 0.159 e. The zero-order chi connectivity index (χ0) is 12.7. The van der Waals surface area contributed by atoms with Crippen molar-refractivity contribution in [2.45, 2.75) is 25.7 Å². The predicted octanol–water partition coefficient (Wildman–Crippen LogP) is 4.15. The number of thiophene rings is 1. The Morgan fingerprint density at radius 1 is 1.06 bits per heavy atom. The fourth-order valence-corrected chi connectivity index (χ4v) is 3.74. The lowest BCUT2D eigenvalue weighted by Gasteiger charge is -2.13. The van der Waals surface area contributed by atoms with E-state index in [1.807, 2.05) is 0 Å². The van der Waals surface area contributed by atoms with E-state index in [2.05, 4.69) is 0 Å². The summed E-state index contributed by atoms with van der Waals surface area (Å²) in [5.74, 6) is -1.64. The molecule has 0 spiro atoms. The molecule has 0 radical (unpaired) electrons. The first-order valence-electron chi connectivity index (χ1n) is 6.02. The molecular formula is C14H13F2NS. The Morgan fingerprint density at radius 3 is 2.61 bits per heavy atom. The van der Waals surface area contributed by atoms with E-state index >= 15 is 0 Å². The lowest BCUT2D eigenvalue weighted by atomic mass is 9.92. The van der Waals surface area contributed by atoms with Gasteiger partial charge in [-0.2, -0.15) is 0 Å². The summed E-state index contributed by atoms with van der Waals surface area (Å²) < 4.78 is 26.3. The molecule has 3 rings (SSSR count). The molecule has 0 saturated heterocycles. The monoisotopic (exact) mass is 265 g/mol. The van der Waals surface area contributed by atoms with Gasteiger partial charge in [-0.05, 0) is 48.9 Å². The Balaban J connectivity index is 2.16. The van der Waals surface area contributed by atoms with Crippen LogP contribution >= 0.6 is 11.3 Å². The zero-order valence-corrected chi connectivity index (χ0v) is 10.6. The summed E-state index contributed by atoms with van der Waals surface area (Å²) in [6.07, 6.45) is 4.36. The van der Waals surface area contributed by atoms with Crippen molar-refractivity contribution in [3.05, 3.63) is 40.3 Å². The van der Waals surface area contributed by atoms with Gasteiger partial charge < -0.3 is 5.73 Å². The van der Waals surface area contributed by atoms with Crippen LogP contribution in [-0.2, 0) is 12.8 Å². The Kier molecular flexibility index (Phi) is 2.82. The van der Waals surface area contributed by atoms with Crippen molar-refractivity contribution in [3.8, 4) is 11.1 Å².